The quantitative estimate of drug-likeness (QED) is 0.824. The molecule has 3 nitrogen and oxygen atoms in total. The number of methoxy groups -OCH3 is 1. The van der Waals surface area contributed by atoms with Gasteiger partial charge in [-0.05, 0) is 17.7 Å². The molecule has 0 aliphatic rings. The van der Waals surface area contributed by atoms with Crippen LogP contribution in [0.4, 0.5) is 4.39 Å². The van der Waals surface area contributed by atoms with Gasteiger partial charge < -0.3 is 15.2 Å². The fraction of sp³-hybridized carbons (Fsp3) is 0.250. The molecule has 2 aromatic carbocycles. The smallest absolute Gasteiger partial charge is 0.128 e. The van der Waals surface area contributed by atoms with E-state index in [-0.39, 0.29) is 12.4 Å². The Labute approximate surface area is 118 Å². The third-order valence-electron chi connectivity index (χ3n) is 3.02. The van der Waals surface area contributed by atoms with Crippen LogP contribution in [0.3, 0.4) is 0 Å². The summed E-state index contributed by atoms with van der Waals surface area (Å²) < 4.78 is 24.4. The summed E-state index contributed by atoms with van der Waals surface area (Å²) in [5, 5.41) is 0. The first-order chi connectivity index (χ1) is 9.76. The van der Waals surface area contributed by atoms with Crippen LogP contribution in [0.1, 0.15) is 5.56 Å². The molecular formula is C16H18FNO2. The van der Waals surface area contributed by atoms with Crippen molar-refractivity contribution in [2.24, 2.45) is 5.73 Å². The Balaban J connectivity index is 2.29. The van der Waals surface area contributed by atoms with Crippen molar-refractivity contribution in [2.45, 2.75) is 6.54 Å². The van der Waals surface area contributed by atoms with E-state index in [0.29, 0.717) is 24.5 Å². The van der Waals surface area contributed by atoms with Gasteiger partial charge in [0.2, 0.25) is 0 Å². The Morgan fingerprint density at radius 3 is 2.60 bits per heavy atom. The number of hydrogen-bond acceptors (Lipinski definition) is 3. The molecule has 0 bridgehead atoms. The number of benzene rings is 2. The van der Waals surface area contributed by atoms with E-state index in [0.717, 1.165) is 11.1 Å². The SMILES string of the molecule is COCCOc1ccccc1-c1ccc(CN)c(F)c1. The number of hydrogen-bond donors (Lipinski definition) is 1. The second-order valence-electron chi connectivity index (χ2n) is 4.35. The van der Waals surface area contributed by atoms with Gasteiger partial charge >= 0.3 is 0 Å². The molecule has 0 fully saturated rings. The standard InChI is InChI=1S/C16H18FNO2/c1-19-8-9-20-16-5-3-2-4-14(16)12-6-7-13(11-18)15(17)10-12/h2-7,10H,8-9,11,18H2,1H3. The summed E-state index contributed by atoms with van der Waals surface area (Å²) in [6.07, 6.45) is 0. The van der Waals surface area contributed by atoms with Gasteiger partial charge in [0.1, 0.15) is 18.2 Å². The van der Waals surface area contributed by atoms with Crippen molar-refractivity contribution in [3.8, 4) is 16.9 Å². The van der Waals surface area contributed by atoms with Crippen LogP contribution in [0.5, 0.6) is 5.75 Å². The van der Waals surface area contributed by atoms with Crippen LogP contribution in [-0.2, 0) is 11.3 Å². The van der Waals surface area contributed by atoms with Crippen LogP contribution in [0, 0.1) is 5.82 Å². The number of para-hydroxylation sites is 1. The largest absolute Gasteiger partial charge is 0.491 e. The Kier molecular flexibility index (Phi) is 5.09. The lowest BCUT2D eigenvalue weighted by Gasteiger charge is -2.12. The van der Waals surface area contributed by atoms with Gasteiger partial charge in [-0.1, -0.05) is 30.3 Å². The van der Waals surface area contributed by atoms with Crippen molar-refractivity contribution >= 4 is 0 Å². The molecule has 0 unspecified atom stereocenters. The van der Waals surface area contributed by atoms with Gasteiger partial charge in [-0.2, -0.15) is 0 Å². The molecule has 2 N–H and O–H groups in total. The third kappa shape index (κ3) is 3.35. The van der Waals surface area contributed by atoms with E-state index in [1.54, 1.807) is 13.2 Å². The van der Waals surface area contributed by atoms with Crippen LogP contribution in [0.15, 0.2) is 42.5 Å². The predicted molar refractivity (Wildman–Crippen MR) is 77.1 cm³/mol. The second kappa shape index (κ2) is 7.03. The lowest BCUT2D eigenvalue weighted by molar-refractivity contribution is 0.146. The van der Waals surface area contributed by atoms with E-state index in [1.165, 1.54) is 6.07 Å². The van der Waals surface area contributed by atoms with Crippen molar-refractivity contribution in [1.29, 1.82) is 0 Å². The second-order valence-corrected chi connectivity index (χ2v) is 4.35. The first-order valence-corrected chi connectivity index (χ1v) is 6.46. The average molecular weight is 275 g/mol. The van der Waals surface area contributed by atoms with Crippen molar-refractivity contribution in [3.63, 3.8) is 0 Å². The Morgan fingerprint density at radius 1 is 1.10 bits per heavy atom. The molecule has 0 heterocycles. The van der Waals surface area contributed by atoms with E-state index in [4.69, 9.17) is 15.2 Å². The van der Waals surface area contributed by atoms with Gasteiger partial charge in [0, 0.05) is 24.8 Å². The van der Waals surface area contributed by atoms with Gasteiger partial charge in [0.05, 0.1) is 6.61 Å². The zero-order chi connectivity index (χ0) is 14.4. The molecule has 0 aromatic heterocycles. The highest BCUT2D eigenvalue weighted by atomic mass is 19.1. The van der Waals surface area contributed by atoms with Crippen LogP contribution in [0.2, 0.25) is 0 Å². The maximum atomic E-state index is 13.8. The molecule has 0 amide bonds. The van der Waals surface area contributed by atoms with E-state index in [9.17, 15) is 4.39 Å². The molecule has 2 rings (SSSR count). The zero-order valence-corrected chi connectivity index (χ0v) is 11.4. The van der Waals surface area contributed by atoms with Gasteiger partial charge in [0.15, 0.2) is 0 Å². The fourth-order valence-corrected chi connectivity index (χ4v) is 1.95. The summed E-state index contributed by atoms with van der Waals surface area (Å²) in [5.41, 5.74) is 7.60. The summed E-state index contributed by atoms with van der Waals surface area (Å²) in [4.78, 5) is 0. The van der Waals surface area contributed by atoms with Crippen molar-refractivity contribution in [1.82, 2.24) is 0 Å². The lowest BCUT2D eigenvalue weighted by Crippen LogP contribution is -2.05. The average Bonchev–Trinajstić information content (AvgIpc) is 2.48. The number of ether oxygens (including phenoxy) is 2. The first-order valence-electron chi connectivity index (χ1n) is 6.46. The minimum Gasteiger partial charge on any atom is -0.491 e. The molecular weight excluding hydrogens is 257 g/mol. The normalized spacial score (nSPS) is 10.6. The van der Waals surface area contributed by atoms with E-state index in [2.05, 4.69) is 0 Å². The molecule has 0 radical (unpaired) electrons. The Morgan fingerprint density at radius 2 is 1.90 bits per heavy atom. The van der Waals surface area contributed by atoms with Gasteiger partial charge in [-0.3, -0.25) is 0 Å². The molecule has 2 aromatic rings. The maximum absolute atomic E-state index is 13.8. The van der Waals surface area contributed by atoms with E-state index < -0.39 is 0 Å². The fourth-order valence-electron chi connectivity index (χ4n) is 1.95. The van der Waals surface area contributed by atoms with Crippen molar-refractivity contribution in [3.05, 3.63) is 53.8 Å². The molecule has 0 atom stereocenters. The highest BCUT2D eigenvalue weighted by Gasteiger charge is 2.08. The van der Waals surface area contributed by atoms with Gasteiger partial charge in [-0.25, -0.2) is 4.39 Å². The molecule has 0 saturated carbocycles. The summed E-state index contributed by atoms with van der Waals surface area (Å²) in [6.45, 7) is 1.16. The van der Waals surface area contributed by atoms with E-state index >= 15 is 0 Å². The molecule has 106 valence electrons. The molecule has 4 heteroatoms. The highest BCUT2D eigenvalue weighted by molar-refractivity contribution is 5.70. The van der Waals surface area contributed by atoms with Crippen molar-refractivity contribution < 1.29 is 13.9 Å². The minimum absolute atomic E-state index is 0.193. The topological polar surface area (TPSA) is 44.5 Å². The Hall–Kier alpha value is -1.91. The number of nitrogens with two attached hydrogens (primary N) is 1. The van der Waals surface area contributed by atoms with E-state index in [1.807, 2.05) is 30.3 Å². The lowest BCUT2D eigenvalue weighted by atomic mass is 10.0. The number of halogens is 1. The summed E-state index contributed by atoms with van der Waals surface area (Å²) in [6, 6.07) is 12.6. The van der Waals surface area contributed by atoms with Gasteiger partial charge in [-0.15, -0.1) is 0 Å². The van der Waals surface area contributed by atoms with Crippen LogP contribution in [0.25, 0.3) is 11.1 Å². The zero-order valence-electron chi connectivity index (χ0n) is 11.4. The molecule has 0 spiro atoms. The Bertz CT molecular complexity index is 572. The predicted octanol–water partition coefficient (Wildman–Crippen LogP) is 2.98. The summed E-state index contributed by atoms with van der Waals surface area (Å²) in [7, 11) is 1.62. The van der Waals surface area contributed by atoms with Crippen molar-refractivity contribution in [2.75, 3.05) is 20.3 Å². The summed E-state index contributed by atoms with van der Waals surface area (Å²) >= 11 is 0. The van der Waals surface area contributed by atoms with Crippen LogP contribution < -0.4 is 10.5 Å². The third-order valence-corrected chi connectivity index (χ3v) is 3.02. The number of rotatable bonds is 6. The monoisotopic (exact) mass is 275 g/mol. The molecule has 0 aliphatic heterocycles. The maximum Gasteiger partial charge on any atom is 0.128 e. The molecule has 20 heavy (non-hydrogen) atoms. The molecule has 0 saturated heterocycles. The first kappa shape index (κ1) is 14.5. The highest BCUT2D eigenvalue weighted by Crippen LogP contribution is 2.30. The molecule has 0 aliphatic carbocycles. The van der Waals surface area contributed by atoms with Crippen LogP contribution >= 0.6 is 0 Å². The van der Waals surface area contributed by atoms with Crippen LogP contribution in [-0.4, -0.2) is 20.3 Å². The van der Waals surface area contributed by atoms with Gasteiger partial charge in [0.25, 0.3) is 0 Å². The summed E-state index contributed by atoms with van der Waals surface area (Å²) in [5.74, 6) is 0.418. The minimum atomic E-state index is -0.295.